The Morgan fingerprint density at radius 1 is 1.57 bits per heavy atom. The first-order chi connectivity index (χ1) is 6.58. The van der Waals surface area contributed by atoms with Gasteiger partial charge in [-0.2, -0.15) is 17.4 Å². The van der Waals surface area contributed by atoms with Crippen LogP contribution in [0.3, 0.4) is 0 Å². The van der Waals surface area contributed by atoms with Crippen LogP contribution in [0.4, 0.5) is 4.79 Å². The zero-order chi connectivity index (χ0) is 10.6. The Kier molecular flexibility index (Phi) is 3.70. The monoisotopic (exact) mass is 222 g/mol. The van der Waals surface area contributed by atoms with Gasteiger partial charge in [-0.05, 0) is 6.42 Å². The van der Waals surface area contributed by atoms with Crippen LogP contribution in [0.15, 0.2) is 0 Å². The lowest BCUT2D eigenvalue weighted by molar-refractivity contribution is 0.169. The van der Waals surface area contributed by atoms with E-state index in [1.807, 2.05) is 6.92 Å². The summed E-state index contributed by atoms with van der Waals surface area (Å²) < 4.78 is 30.4. The van der Waals surface area contributed by atoms with Gasteiger partial charge < -0.3 is 4.74 Å². The van der Waals surface area contributed by atoms with Crippen LogP contribution in [0, 0.1) is 0 Å². The summed E-state index contributed by atoms with van der Waals surface area (Å²) >= 11 is 0. The molecule has 0 atom stereocenters. The summed E-state index contributed by atoms with van der Waals surface area (Å²) in [6.45, 7) is 2.54. The Hall–Kier alpha value is -0.820. The molecule has 1 N–H and O–H groups in total. The van der Waals surface area contributed by atoms with Crippen LogP contribution in [-0.2, 0) is 14.9 Å². The van der Waals surface area contributed by atoms with Crippen LogP contribution in [0.1, 0.15) is 19.8 Å². The number of cyclic esters (lactones) is 1. The van der Waals surface area contributed by atoms with E-state index in [2.05, 4.69) is 9.46 Å². The van der Waals surface area contributed by atoms with Gasteiger partial charge in [0.2, 0.25) is 0 Å². The number of unbranched alkanes of at least 4 members (excludes halogenated alkanes) is 1. The Bertz CT molecular complexity index is 301. The van der Waals surface area contributed by atoms with Crippen molar-refractivity contribution in [1.29, 1.82) is 0 Å². The SMILES string of the molecule is CCCCNS(=O)(=O)N1CCOC1=O. The molecule has 0 bridgehead atoms. The molecule has 0 radical (unpaired) electrons. The number of hydrogen-bond acceptors (Lipinski definition) is 4. The van der Waals surface area contributed by atoms with Gasteiger partial charge >= 0.3 is 16.3 Å². The summed E-state index contributed by atoms with van der Waals surface area (Å²) in [6, 6.07) is 0. The summed E-state index contributed by atoms with van der Waals surface area (Å²) in [7, 11) is -3.67. The molecule has 0 aliphatic carbocycles. The Morgan fingerprint density at radius 2 is 2.29 bits per heavy atom. The van der Waals surface area contributed by atoms with Crippen molar-refractivity contribution in [1.82, 2.24) is 9.03 Å². The number of hydrogen-bond donors (Lipinski definition) is 1. The molecule has 1 amide bonds. The molecule has 1 rings (SSSR count). The smallest absolute Gasteiger partial charge is 0.424 e. The Balaban J connectivity index is 2.52. The van der Waals surface area contributed by atoms with Gasteiger partial charge in [0, 0.05) is 6.54 Å². The predicted molar refractivity (Wildman–Crippen MR) is 49.9 cm³/mol. The molecule has 14 heavy (non-hydrogen) atoms. The summed E-state index contributed by atoms with van der Waals surface area (Å²) in [5.74, 6) is 0. The third kappa shape index (κ3) is 2.58. The third-order valence-electron chi connectivity index (χ3n) is 1.83. The lowest BCUT2D eigenvalue weighted by Gasteiger charge is -2.13. The average Bonchev–Trinajstić information content (AvgIpc) is 2.52. The lowest BCUT2D eigenvalue weighted by atomic mass is 10.3. The molecule has 0 aromatic carbocycles. The third-order valence-corrected chi connectivity index (χ3v) is 3.31. The minimum absolute atomic E-state index is 0.0975. The molecule has 1 fully saturated rings. The predicted octanol–water partition coefficient (Wildman–Crippen LogP) is 0.0731. The van der Waals surface area contributed by atoms with E-state index in [9.17, 15) is 13.2 Å². The maximum absolute atomic E-state index is 11.4. The van der Waals surface area contributed by atoms with Crippen molar-refractivity contribution in [3.8, 4) is 0 Å². The van der Waals surface area contributed by atoms with Gasteiger partial charge in [0.05, 0.1) is 6.54 Å². The second kappa shape index (κ2) is 4.61. The Labute approximate surface area is 83.4 Å². The van der Waals surface area contributed by atoms with Crippen LogP contribution in [0.2, 0.25) is 0 Å². The van der Waals surface area contributed by atoms with Crippen LogP contribution in [0.25, 0.3) is 0 Å². The topological polar surface area (TPSA) is 75.7 Å². The first-order valence-corrected chi connectivity index (χ1v) is 5.96. The second-order valence-electron chi connectivity index (χ2n) is 2.94. The number of ether oxygens (including phenoxy) is 1. The normalized spacial score (nSPS) is 17.2. The van der Waals surface area contributed by atoms with E-state index in [0.29, 0.717) is 10.8 Å². The summed E-state index contributed by atoms with van der Waals surface area (Å²) in [5, 5.41) is 0. The van der Waals surface area contributed by atoms with Crippen molar-refractivity contribution in [2.45, 2.75) is 19.8 Å². The van der Waals surface area contributed by atoms with Gasteiger partial charge in [-0.15, -0.1) is 0 Å². The molecule has 0 unspecified atom stereocenters. The molecule has 1 heterocycles. The van der Waals surface area contributed by atoms with Crippen LogP contribution in [-0.4, -0.2) is 38.5 Å². The van der Waals surface area contributed by atoms with Crippen molar-refractivity contribution < 1.29 is 17.9 Å². The molecule has 1 aliphatic heterocycles. The van der Waals surface area contributed by atoms with Crippen molar-refractivity contribution in [3.63, 3.8) is 0 Å². The standard InChI is InChI=1S/C7H14N2O4S/c1-2-3-4-8-14(11,12)9-5-6-13-7(9)10/h8H,2-6H2,1H3. The van der Waals surface area contributed by atoms with Gasteiger partial charge in [-0.3, -0.25) is 0 Å². The number of nitrogens with zero attached hydrogens (tertiary/aromatic N) is 1. The number of rotatable bonds is 5. The largest absolute Gasteiger partial charge is 0.447 e. The van der Waals surface area contributed by atoms with Gasteiger partial charge in [0.1, 0.15) is 6.61 Å². The first-order valence-electron chi connectivity index (χ1n) is 4.52. The number of carbonyl (C=O) groups excluding carboxylic acids is 1. The van der Waals surface area contributed by atoms with E-state index in [1.54, 1.807) is 0 Å². The summed E-state index contributed by atoms with van der Waals surface area (Å²) in [4.78, 5) is 10.9. The quantitative estimate of drug-likeness (QED) is 0.668. The van der Waals surface area contributed by atoms with Crippen LogP contribution in [0.5, 0.6) is 0 Å². The number of nitrogens with one attached hydrogen (secondary N) is 1. The fourth-order valence-corrected chi connectivity index (χ4v) is 2.18. The zero-order valence-corrected chi connectivity index (χ0v) is 8.84. The highest BCUT2D eigenvalue weighted by Gasteiger charge is 2.32. The molecule has 0 spiro atoms. The molecule has 1 aliphatic rings. The Morgan fingerprint density at radius 3 is 2.79 bits per heavy atom. The van der Waals surface area contributed by atoms with E-state index in [-0.39, 0.29) is 13.2 Å². The molecule has 0 aromatic rings. The fourth-order valence-electron chi connectivity index (χ4n) is 1.05. The highest BCUT2D eigenvalue weighted by Crippen LogP contribution is 2.07. The molecule has 82 valence electrons. The molecule has 6 nitrogen and oxygen atoms in total. The summed E-state index contributed by atoms with van der Waals surface area (Å²) in [5.41, 5.74) is 0. The zero-order valence-electron chi connectivity index (χ0n) is 8.02. The van der Waals surface area contributed by atoms with Gasteiger partial charge in [-0.1, -0.05) is 13.3 Å². The van der Waals surface area contributed by atoms with E-state index in [0.717, 1.165) is 12.8 Å². The second-order valence-corrected chi connectivity index (χ2v) is 4.62. The van der Waals surface area contributed by atoms with Crippen LogP contribution < -0.4 is 4.72 Å². The summed E-state index contributed by atoms with van der Waals surface area (Å²) in [6.07, 6.45) is 0.851. The van der Waals surface area contributed by atoms with Crippen molar-refractivity contribution in [3.05, 3.63) is 0 Å². The molecule has 7 heteroatoms. The number of carbonyl (C=O) groups is 1. The lowest BCUT2D eigenvalue weighted by Crippen LogP contribution is -2.41. The maximum Gasteiger partial charge on any atom is 0.424 e. The molecule has 1 saturated heterocycles. The van der Waals surface area contributed by atoms with E-state index in [4.69, 9.17) is 0 Å². The molecular weight excluding hydrogens is 208 g/mol. The van der Waals surface area contributed by atoms with E-state index < -0.39 is 16.3 Å². The number of amides is 1. The average molecular weight is 222 g/mol. The highest BCUT2D eigenvalue weighted by molar-refractivity contribution is 7.87. The van der Waals surface area contributed by atoms with E-state index in [1.165, 1.54) is 0 Å². The molecule has 0 saturated carbocycles. The van der Waals surface area contributed by atoms with Crippen LogP contribution >= 0.6 is 0 Å². The van der Waals surface area contributed by atoms with E-state index >= 15 is 0 Å². The van der Waals surface area contributed by atoms with Crippen molar-refractivity contribution >= 4 is 16.3 Å². The van der Waals surface area contributed by atoms with Gasteiger partial charge in [0.25, 0.3) is 0 Å². The first kappa shape index (κ1) is 11.3. The maximum atomic E-state index is 11.4. The van der Waals surface area contributed by atoms with Gasteiger partial charge in [0.15, 0.2) is 0 Å². The minimum Gasteiger partial charge on any atom is -0.447 e. The van der Waals surface area contributed by atoms with Crippen molar-refractivity contribution in [2.24, 2.45) is 0 Å². The van der Waals surface area contributed by atoms with Crippen molar-refractivity contribution in [2.75, 3.05) is 19.7 Å². The highest BCUT2D eigenvalue weighted by atomic mass is 32.2. The molecular formula is C7H14N2O4S. The molecule has 0 aromatic heterocycles. The fraction of sp³-hybridized carbons (Fsp3) is 0.857. The minimum atomic E-state index is -3.67. The van der Waals surface area contributed by atoms with Gasteiger partial charge in [-0.25, -0.2) is 4.79 Å².